The Labute approximate surface area is 145 Å². The van der Waals surface area contributed by atoms with Gasteiger partial charge in [0.15, 0.2) is 0 Å². The van der Waals surface area contributed by atoms with Gasteiger partial charge in [0.2, 0.25) is 0 Å². The lowest BCUT2D eigenvalue weighted by atomic mass is 10.1. The molecule has 1 aromatic carbocycles. The molecule has 0 atom stereocenters. The number of anilines is 1. The summed E-state index contributed by atoms with van der Waals surface area (Å²) in [5, 5.41) is 23.8. The molecule has 1 aromatic heterocycles. The molecule has 0 saturated carbocycles. The molecule has 9 nitrogen and oxygen atoms in total. The Bertz CT molecular complexity index is 700. The molecule has 0 radical (unpaired) electrons. The normalized spacial score (nSPS) is 14.7. The second-order valence-electron chi connectivity index (χ2n) is 5.50. The topological polar surface area (TPSA) is 112 Å². The van der Waals surface area contributed by atoms with Crippen molar-refractivity contribution in [3.63, 3.8) is 0 Å². The van der Waals surface area contributed by atoms with E-state index in [1.165, 1.54) is 5.69 Å². The average molecular weight is 350 g/mol. The van der Waals surface area contributed by atoms with E-state index in [1.807, 2.05) is 18.3 Å². The van der Waals surface area contributed by atoms with E-state index < -0.39 is 5.09 Å². The minimum atomic E-state index is -1.50. The van der Waals surface area contributed by atoms with Crippen LogP contribution in [0.2, 0.25) is 0 Å². The number of fused-ring (bicyclic) bond motifs is 1. The number of aliphatic hydroxyl groups is 1. The van der Waals surface area contributed by atoms with Gasteiger partial charge in [-0.2, -0.15) is 0 Å². The Hall–Kier alpha value is -2.65. The van der Waals surface area contributed by atoms with Crippen molar-refractivity contribution >= 4 is 16.6 Å². The maximum Gasteiger partial charge on any atom is 0.291 e. The first-order chi connectivity index (χ1) is 12.0. The molecule has 0 amide bonds. The van der Waals surface area contributed by atoms with E-state index in [0.717, 1.165) is 49.4 Å². The SMILES string of the molecule is COc1ccc2c(N3CCN(CCO)CC3)ccnc2c1.O=[N+]([O-])O. The van der Waals surface area contributed by atoms with E-state index in [0.29, 0.717) is 0 Å². The number of aliphatic hydroxyl groups excluding tert-OH is 1. The number of hydrogen-bond acceptors (Lipinski definition) is 7. The van der Waals surface area contributed by atoms with Crippen molar-refractivity contribution in [2.24, 2.45) is 0 Å². The number of pyridine rings is 1. The van der Waals surface area contributed by atoms with Crippen LogP contribution < -0.4 is 9.64 Å². The van der Waals surface area contributed by atoms with Crippen molar-refractivity contribution in [1.29, 1.82) is 0 Å². The maximum atomic E-state index is 9.02. The number of β-amino-alcohol motifs (C(OH)–C–C–N with tert-alkyl or cyclic N) is 1. The number of hydrogen-bond donors (Lipinski definition) is 2. The molecule has 9 heteroatoms. The highest BCUT2D eigenvalue weighted by molar-refractivity contribution is 5.92. The second kappa shape index (κ2) is 9.00. The summed E-state index contributed by atoms with van der Waals surface area (Å²) in [5.74, 6) is 0.833. The number of nitrogens with zero attached hydrogens (tertiary/aromatic N) is 4. The molecule has 1 fully saturated rings. The Morgan fingerprint density at radius 3 is 2.56 bits per heavy atom. The van der Waals surface area contributed by atoms with Crippen molar-refractivity contribution in [2.75, 3.05) is 51.3 Å². The van der Waals surface area contributed by atoms with Crippen molar-refractivity contribution in [3.05, 3.63) is 40.6 Å². The molecule has 0 bridgehead atoms. The molecule has 1 saturated heterocycles. The van der Waals surface area contributed by atoms with Crippen molar-refractivity contribution < 1.29 is 20.1 Å². The Kier molecular flexibility index (Phi) is 6.72. The number of ether oxygens (including phenoxy) is 1. The zero-order valence-corrected chi connectivity index (χ0v) is 14.0. The van der Waals surface area contributed by atoms with Crippen LogP contribution in [0, 0.1) is 10.1 Å². The standard InChI is InChI=1S/C16H21N3O2.HNO3/c1-21-13-2-3-14-15(12-13)17-5-4-16(14)19-8-6-18(7-9-19)10-11-20;2-1(3)4/h2-5,12,20H,6-11H2,1H3;(H,2,3,4). The van der Waals surface area contributed by atoms with Gasteiger partial charge in [-0.1, -0.05) is 0 Å². The molecule has 3 rings (SSSR count). The molecule has 2 N–H and O–H groups in total. The highest BCUT2D eigenvalue weighted by Crippen LogP contribution is 2.28. The first kappa shape index (κ1) is 18.7. The molecular formula is C16H22N4O5. The van der Waals surface area contributed by atoms with Crippen LogP contribution in [0.3, 0.4) is 0 Å². The van der Waals surface area contributed by atoms with Crippen LogP contribution in [0.4, 0.5) is 5.69 Å². The lowest BCUT2D eigenvalue weighted by molar-refractivity contribution is -0.742. The predicted octanol–water partition coefficient (Wildman–Crippen LogP) is 1.01. The van der Waals surface area contributed by atoms with E-state index in [-0.39, 0.29) is 6.61 Å². The van der Waals surface area contributed by atoms with Crippen molar-refractivity contribution in [2.45, 2.75) is 0 Å². The van der Waals surface area contributed by atoms with Gasteiger partial charge in [-0.25, -0.2) is 0 Å². The quantitative estimate of drug-likeness (QED) is 0.621. The fourth-order valence-corrected chi connectivity index (χ4v) is 2.87. The predicted molar refractivity (Wildman–Crippen MR) is 92.8 cm³/mol. The summed E-state index contributed by atoms with van der Waals surface area (Å²) in [6, 6.07) is 8.11. The minimum Gasteiger partial charge on any atom is -0.497 e. The largest absolute Gasteiger partial charge is 0.497 e. The van der Waals surface area contributed by atoms with Crippen LogP contribution in [0.1, 0.15) is 0 Å². The molecule has 0 spiro atoms. The van der Waals surface area contributed by atoms with Gasteiger partial charge in [0.05, 0.1) is 19.2 Å². The van der Waals surface area contributed by atoms with E-state index in [4.69, 9.17) is 25.2 Å². The Balaban J connectivity index is 0.000000511. The smallest absolute Gasteiger partial charge is 0.291 e. The lowest BCUT2D eigenvalue weighted by Crippen LogP contribution is -2.47. The Morgan fingerprint density at radius 1 is 1.28 bits per heavy atom. The third-order valence-corrected chi connectivity index (χ3v) is 4.06. The number of piperazine rings is 1. The molecule has 0 aliphatic carbocycles. The molecule has 1 aliphatic rings. The molecular weight excluding hydrogens is 328 g/mol. The van der Waals surface area contributed by atoms with Crippen LogP contribution in [-0.2, 0) is 0 Å². The number of methoxy groups -OCH3 is 1. The summed E-state index contributed by atoms with van der Waals surface area (Å²) in [5.41, 5.74) is 2.19. The van der Waals surface area contributed by atoms with Gasteiger partial charge in [-0.15, -0.1) is 10.1 Å². The first-order valence-corrected chi connectivity index (χ1v) is 7.89. The lowest BCUT2D eigenvalue weighted by Gasteiger charge is -2.36. The Morgan fingerprint density at radius 2 is 1.96 bits per heavy atom. The van der Waals surface area contributed by atoms with Gasteiger partial charge in [0.1, 0.15) is 5.75 Å². The van der Waals surface area contributed by atoms with Gasteiger partial charge in [-0.3, -0.25) is 9.88 Å². The number of aromatic nitrogens is 1. The molecule has 2 aromatic rings. The van der Waals surface area contributed by atoms with E-state index in [9.17, 15) is 0 Å². The number of benzene rings is 1. The molecule has 136 valence electrons. The van der Waals surface area contributed by atoms with Crippen molar-refractivity contribution in [3.8, 4) is 5.75 Å². The molecule has 25 heavy (non-hydrogen) atoms. The monoisotopic (exact) mass is 350 g/mol. The summed E-state index contributed by atoms with van der Waals surface area (Å²) in [7, 11) is 1.67. The summed E-state index contributed by atoms with van der Waals surface area (Å²) < 4.78 is 5.26. The van der Waals surface area contributed by atoms with Gasteiger partial charge in [-0.05, 0) is 18.2 Å². The number of rotatable bonds is 4. The third-order valence-electron chi connectivity index (χ3n) is 4.06. The maximum absolute atomic E-state index is 9.02. The van der Waals surface area contributed by atoms with Crippen LogP contribution in [0.5, 0.6) is 5.75 Å². The highest BCUT2D eigenvalue weighted by Gasteiger charge is 2.18. The fraction of sp³-hybridized carbons (Fsp3) is 0.438. The van der Waals surface area contributed by atoms with E-state index in [2.05, 4.69) is 26.9 Å². The van der Waals surface area contributed by atoms with E-state index >= 15 is 0 Å². The molecule has 2 heterocycles. The zero-order chi connectivity index (χ0) is 18.2. The summed E-state index contributed by atoms with van der Waals surface area (Å²) >= 11 is 0. The summed E-state index contributed by atoms with van der Waals surface area (Å²) in [4.78, 5) is 17.5. The van der Waals surface area contributed by atoms with Gasteiger partial charge < -0.3 is 20.0 Å². The van der Waals surface area contributed by atoms with Crippen LogP contribution in [0.15, 0.2) is 30.5 Å². The van der Waals surface area contributed by atoms with E-state index in [1.54, 1.807) is 7.11 Å². The zero-order valence-electron chi connectivity index (χ0n) is 14.0. The second-order valence-corrected chi connectivity index (χ2v) is 5.50. The third kappa shape index (κ3) is 5.16. The van der Waals surface area contributed by atoms with Crippen LogP contribution in [0.25, 0.3) is 10.9 Å². The van der Waals surface area contributed by atoms with Crippen LogP contribution in [-0.4, -0.2) is 71.7 Å². The average Bonchev–Trinajstić information content (AvgIpc) is 2.61. The van der Waals surface area contributed by atoms with Gasteiger partial charge >= 0.3 is 0 Å². The van der Waals surface area contributed by atoms with Crippen LogP contribution >= 0.6 is 0 Å². The molecule has 0 unspecified atom stereocenters. The van der Waals surface area contributed by atoms with Gasteiger partial charge in [0, 0.05) is 56.1 Å². The fourth-order valence-electron chi connectivity index (χ4n) is 2.87. The summed E-state index contributed by atoms with van der Waals surface area (Å²) in [6.45, 7) is 4.93. The molecule has 1 aliphatic heterocycles. The first-order valence-electron chi connectivity index (χ1n) is 7.89. The minimum absolute atomic E-state index is 0.234. The highest BCUT2D eigenvalue weighted by atomic mass is 16.9. The van der Waals surface area contributed by atoms with Crippen molar-refractivity contribution in [1.82, 2.24) is 9.88 Å². The summed E-state index contributed by atoms with van der Waals surface area (Å²) in [6.07, 6.45) is 1.86. The van der Waals surface area contributed by atoms with Gasteiger partial charge in [0.25, 0.3) is 5.09 Å².